The van der Waals surface area contributed by atoms with E-state index in [1.807, 2.05) is 25.1 Å². The molecule has 0 bridgehead atoms. The van der Waals surface area contributed by atoms with Gasteiger partial charge in [0.25, 0.3) is 0 Å². The summed E-state index contributed by atoms with van der Waals surface area (Å²) in [7, 11) is 0. The Hall–Kier alpha value is -2.33. The highest BCUT2D eigenvalue weighted by molar-refractivity contribution is 6.33. The van der Waals surface area contributed by atoms with E-state index in [-0.39, 0.29) is 11.1 Å². The van der Waals surface area contributed by atoms with Gasteiger partial charge in [-0.1, -0.05) is 23.7 Å². The average Bonchev–Trinajstić information content (AvgIpc) is 2.81. The number of carboxylic acids is 1. The maximum Gasteiger partial charge on any atom is 0.339 e. The number of aryl methyl sites for hydroxylation is 1. The first-order chi connectivity index (χ1) is 9.56. The molecule has 100 valence electrons. The van der Waals surface area contributed by atoms with Crippen molar-refractivity contribution in [3.8, 4) is 11.5 Å². The van der Waals surface area contributed by atoms with Crippen LogP contribution in [0.15, 0.2) is 40.8 Å². The molecule has 0 radical (unpaired) electrons. The normalized spacial score (nSPS) is 10.9. The van der Waals surface area contributed by atoms with E-state index >= 15 is 0 Å². The van der Waals surface area contributed by atoms with Crippen LogP contribution in [0.1, 0.15) is 15.9 Å². The van der Waals surface area contributed by atoms with Gasteiger partial charge in [-0.3, -0.25) is 0 Å². The molecule has 0 aliphatic heterocycles. The summed E-state index contributed by atoms with van der Waals surface area (Å²) in [5, 5.41) is 9.66. The largest absolute Gasteiger partial charge is 0.478 e. The quantitative estimate of drug-likeness (QED) is 0.769. The minimum Gasteiger partial charge on any atom is -0.478 e. The van der Waals surface area contributed by atoms with Gasteiger partial charge in [0.15, 0.2) is 5.58 Å². The van der Waals surface area contributed by atoms with Gasteiger partial charge in [-0.2, -0.15) is 0 Å². The number of aromatic carboxylic acids is 1. The van der Waals surface area contributed by atoms with Gasteiger partial charge in [0.1, 0.15) is 11.1 Å². The SMILES string of the molecule is Cc1ccc(-c2nc3cccc(C(=O)O)c3o2)c(Cl)c1. The van der Waals surface area contributed by atoms with Crippen LogP contribution in [-0.2, 0) is 0 Å². The third kappa shape index (κ3) is 2.04. The highest BCUT2D eigenvalue weighted by Crippen LogP contribution is 2.31. The second-order valence-electron chi connectivity index (χ2n) is 4.46. The number of rotatable bonds is 2. The first kappa shape index (κ1) is 12.7. The molecule has 0 unspecified atom stereocenters. The molecule has 0 saturated carbocycles. The lowest BCUT2D eigenvalue weighted by atomic mass is 10.1. The lowest BCUT2D eigenvalue weighted by Gasteiger charge is -2.00. The number of benzene rings is 2. The smallest absolute Gasteiger partial charge is 0.339 e. The van der Waals surface area contributed by atoms with Gasteiger partial charge >= 0.3 is 5.97 Å². The van der Waals surface area contributed by atoms with Crippen LogP contribution in [0.4, 0.5) is 0 Å². The number of halogens is 1. The number of nitrogens with zero attached hydrogens (tertiary/aromatic N) is 1. The van der Waals surface area contributed by atoms with Crippen LogP contribution in [0.3, 0.4) is 0 Å². The molecule has 3 aromatic rings. The molecule has 1 aromatic heterocycles. The van der Waals surface area contributed by atoms with Crippen LogP contribution in [0.5, 0.6) is 0 Å². The fourth-order valence-corrected chi connectivity index (χ4v) is 2.34. The minimum absolute atomic E-state index is 0.0875. The average molecular weight is 288 g/mol. The van der Waals surface area contributed by atoms with Crippen LogP contribution in [-0.4, -0.2) is 16.1 Å². The summed E-state index contributed by atoms with van der Waals surface area (Å²) in [6.45, 7) is 1.93. The molecule has 0 fully saturated rings. The monoisotopic (exact) mass is 287 g/mol. The molecular formula is C15H10ClNO3. The fourth-order valence-electron chi connectivity index (χ4n) is 2.03. The van der Waals surface area contributed by atoms with Gasteiger partial charge in [0.05, 0.1) is 10.6 Å². The lowest BCUT2D eigenvalue weighted by Crippen LogP contribution is -1.95. The molecule has 4 nitrogen and oxygen atoms in total. The summed E-state index contributed by atoms with van der Waals surface area (Å²) < 4.78 is 5.59. The number of oxazole rings is 1. The number of para-hydroxylation sites is 1. The Morgan fingerprint density at radius 2 is 2.10 bits per heavy atom. The summed E-state index contributed by atoms with van der Waals surface area (Å²) in [6.07, 6.45) is 0. The summed E-state index contributed by atoms with van der Waals surface area (Å²) in [6, 6.07) is 10.3. The third-order valence-corrected chi connectivity index (χ3v) is 3.31. The molecule has 5 heteroatoms. The molecule has 20 heavy (non-hydrogen) atoms. The minimum atomic E-state index is -1.05. The number of hydrogen-bond donors (Lipinski definition) is 1. The second kappa shape index (κ2) is 4.65. The zero-order valence-corrected chi connectivity index (χ0v) is 11.3. The van der Waals surface area contributed by atoms with Crippen LogP contribution in [0.2, 0.25) is 5.02 Å². The number of carbonyl (C=O) groups is 1. The number of carboxylic acid groups (broad SMARTS) is 1. The standard InChI is InChI=1S/C15H10ClNO3/c1-8-5-6-9(11(16)7-8)14-17-12-4-2-3-10(15(18)19)13(12)20-14/h2-7H,1H3,(H,18,19). The van der Waals surface area contributed by atoms with E-state index in [1.54, 1.807) is 12.1 Å². The summed E-state index contributed by atoms with van der Waals surface area (Å²) in [4.78, 5) is 15.5. The Bertz CT molecular complexity index is 823. The predicted octanol–water partition coefficient (Wildman–Crippen LogP) is 4.15. The molecule has 0 aliphatic carbocycles. The number of hydrogen-bond acceptors (Lipinski definition) is 3. The summed E-state index contributed by atoms with van der Waals surface area (Å²) >= 11 is 6.18. The zero-order chi connectivity index (χ0) is 14.3. The van der Waals surface area contributed by atoms with Gasteiger partial charge in [-0.05, 0) is 36.8 Å². The van der Waals surface area contributed by atoms with Gasteiger partial charge in [-0.15, -0.1) is 0 Å². The number of aromatic nitrogens is 1. The molecule has 1 N–H and O–H groups in total. The fraction of sp³-hybridized carbons (Fsp3) is 0.0667. The van der Waals surface area contributed by atoms with E-state index in [9.17, 15) is 4.79 Å². The topological polar surface area (TPSA) is 63.3 Å². The highest BCUT2D eigenvalue weighted by atomic mass is 35.5. The molecule has 0 aliphatic rings. The van der Waals surface area contributed by atoms with Crippen LogP contribution < -0.4 is 0 Å². The Morgan fingerprint density at radius 3 is 2.80 bits per heavy atom. The molecule has 3 rings (SSSR count). The Balaban J connectivity index is 2.23. The van der Waals surface area contributed by atoms with E-state index in [0.29, 0.717) is 22.0 Å². The molecule has 0 saturated heterocycles. The van der Waals surface area contributed by atoms with Crippen LogP contribution >= 0.6 is 11.6 Å². The predicted molar refractivity (Wildman–Crippen MR) is 76.2 cm³/mol. The van der Waals surface area contributed by atoms with Crippen LogP contribution in [0, 0.1) is 6.92 Å². The molecule has 0 atom stereocenters. The van der Waals surface area contributed by atoms with Gasteiger partial charge in [0, 0.05) is 0 Å². The molecule has 0 spiro atoms. The Labute approximate surface area is 119 Å². The first-order valence-electron chi connectivity index (χ1n) is 5.95. The van der Waals surface area contributed by atoms with Gasteiger partial charge in [0.2, 0.25) is 5.89 Å². The first-order valence-corrected chi connectivity index (χ1v) is 6.33. The van der Waals surface area contributed by atoms with E-state index in [2.05, 4.69) is 4.98 Å². The van der Waals surface area contributed by atoms with Crippen molar-refractivity contribution < 1.29 is 14.3 Å². The van der Waals surface area contributed by atoms with Crippen LogP contribution in [0.25, 0.3) is 22.6 Å². The van der Waals surface area contributed by atoms with Crippen molar-refractivity contribution >= 4 is 28.7 Å². The van der Waals surface area contributed by atoms with E-state index in [0.717, 1.165) is 5.56 Å². The van der Waals surface area contributed by atoms with Gasteiger partial charge < -0.3 is 9.52 Å². The van der Waals surface area contributed by atoms with Crippen molar-refractivity contribution in [3.63, 3.8) is 0 Å². The molecule has 1 heterocycles. The van der Waals surface area contributed by atoms with E-state index in [4.69, 9.17) is 21.1 Å². The molecular weight excluding hydrogens is 278 g/mol. The van der Waals surface area contributed by atoms with Crippen molar-refractivity contribution in [1.82, 2.24) is 4.98 Å². The highest BCUT2D eigenvalue weighted by Gasteiger charge is 2.16. The van der Waals surface area contributed by atoms with E-state index in [1.165, 1.54) is 6.07 Å². The Kier molecular flexibility index (Phi) is 2.95. The van der Waals surface area contributed by atoms with Crippen molar-refractivity contribution in [2.45, 2.75) is 6.92 Å². The lowest BCUT2D eigenvalue weighted by molar-refractivity contribution is 0.0698. The maximum absolute atomic E-state index is 11.2. The molecule has 2 aromatic carbocycles. The van der Waals surface area contributed by atoms with Gasteiger partial charge in [-0.25, -0.2) is 9.78 Å². The zero-order valence-electron chi connectivity index (χ0n) is 10.6. The van der Waals surface area contributed by atoms with Crippen molar-refractivity contribution in [3.05, 3.63) is 52.5 Å². The maximum atomic E-state index is 11.2. The third-order valence-electron chi connectivity index (χ3n) is 3.00. The van der Waals surface area contributed by atoms with Crippen molar-refractivity contribution in [1.29, 1.82) is 0 Å². The summed E-state index contributed by atoms with van der Waals surface area (Å²) in [5.41, 5.74) is 2.51. The van der Waals surface area contributed by atoms with E-state index < -0.39 is 5.97 Å². The Morgan fingerprint density at radius 1 is 1.30 bits per heavy atom. The molecule has 0 amide bonds. The number of fused-ring (bicyclic) bond motifs is 1. The van der Waals surface area contributed by atoms with Crippen molar-refractivity contribution in [2.75, 3.05) is 0 Å². The summed E-state index contributed by atoms with van der Waals surface area (Å²) in [5.74, 6) is -0.730. The second-order valence-corrected chi connectivity index (χ2v) is 4.87. The van der Waals surface area contributed by atoms with Crippen molar-refractivity contribution in [2.24, 2.45) is 0 Å².